The van der Waals surface area contributed by atoms with Gasteiger partial charge < -0.3 is 5.32 Å². The molecule has 104 valence electrons. The molecule has 19 heavy (non-hydrogen) atoms. The van der Waals surface area contributed by atoms with Gasteiger partial charge in [-0.05, 0) is 37.4 Å². The molecule has 1 aromatic rings. The summed E-state index contributed by atoms with van der Waals surface area (Å²) in [6, 6.07) is 6.01. The molecule has 0 bridgehead atoms. The summed E-state index contributed by atoms with van der Waals surface area (Å²) in [4.78, 5) is -0.209. The van der Waals surface area contributed by atoms with Crippen LogP contribution in [-0.4, -0.2) is 38.4 Å². The molecule has 2 aliphatic rings. The van der Waals surface area contributed by atoms with Crippen molar-refractivity contribution in [3.8, 4) is 0 Å². The van der Waals surface area contributed by atoms with E-state index >= 15 is 0 Å². The van der Waals surface area contributed by atoms with Gasteiger partial charge in [-0.1, -0.05) is 12.1 Å². The van der Waals surface area contributed by atoms with E-state index in [1.165, 1.54) is 22.5 Å². The van der Waals surface area contributed by atoms with E-state index in [2.05, 4.69) is 5.32 Å². The molecular weight excluding hydrogens is 267 g/mol. The van der Waals surface area contributed by atoms with Gasteiger partial charge in [-0.25, -0.2) is 12.8 Å². The maximum atomic E-state index is 13.7. The van der Waals surface area contributed by atoms with Gasteiger partial charge in [0.05, 0.1) is 0 Å². The zero-order chi connectivity index (χ0) is 13.5. The lowest BCUT2D eigenvalue weighted by Crippen LogP contribution is -2.46. The predicted octanol–water partition coefficient (Wildman–Crippen LogP) is 1.20. The standard InChI is InChI=1S/C13H17FN2O2S/c14-11-3-1-2-4-13(11)19(17,18)16-8-6-12-10(9-16)5-7-15-12/h1-4,10,12,15H,5-9H2. The summed E-state index contributed by atoms with van der Waals surface area (Å²) in [5, 5.41) is 3.39. The summed E-state index contributed by atoms with van der Waals surface area (Å²) in [5.41, 5.74) is 0. The van der Waals surface area contributed by atoms with E-state index in [4.69, 9.17) is 0 Å². The average molecular weight is 284 g/mol. The summed E-state index contributed by atoms with van der Waals surface area (Å²) in [7, 11) is -3.70. The molecule has 2 atom stereocenters. The Bertz CT molecular complexity index is 576. The van der Waals surface area contributed by atoms with Crippen LogP contribution in [0, 0.1) is 11.7 Å². The molecular formula is C13H17FN2O2S. The van der Waals surface area contributed by atoms with E-state index < -0.39 is 15.8 Å². The highest BCUT2D eigenvalue weighted by atomic mass is 32.2. The second-order valence-corrected chi connectivity index (χ2v) is 7.10. The van der Waals surface area contributed by atoms with E-state index in [-0.39, 0.29) is 4.90 Å². The number of nitrogens with one attached hydrogen (secondary N) is 1. The van der Waals surface area contributed by atoms with E-state index in [0.717, 1.165) is 19.4 Å². The quantitative estimate of drug-likeness (QED) is 0.888. The highest BCUT2D eigenvalue weighted by Crippen LogP contribution is 2.29. The molecule has 0 amide bonds. The molecule has 2 saturated heterocycles. The van der Waals surface area contributed by atoms with Gasteiger partial charge in [0.2, 0.25) is 10.0 Å². The van der Waals surface area contributed by atoms with Gasteiger partial charge in [0.15, 0.2) is 0 Å². The largest absolute Gasteiger partial charge is 0.314 e. The molecule has 0 spiro atoms. The van der Waals surface area contributed by atoms with Crippen molar-refractivity contribution in [2.24, 2.45) is 5.92 Å². The van der Waals surface area contributed by atoms with Gasteiger partial charge in [-0.15, -0.1) is 0 Å². The number of nitrogens with zero attached hydrogens (tertiary/aromatic N) is 1. The molecule has 0 saturated carbocycles. The Morgan fingerprint density at radius 2 is 2.05 bits per heavy atom. The van der Waals surface area contributed by atoms with Gasteiger partial charge in [-0.3, -0.25) is 0 Å². The Morgan fingerprint density at radius 1 is 1.26 bits per heavy atom. The van der Waals surface area contributed by atoms with Crippen LogP contribution in [0.3, 0.4) is 0 Å². The zero-order valence-corrected chi connectivity index (χ0v) is 11.4. The second kappa shape index (κ2) is 4.85. The first kappa shape index (κ1) is 13.0. The Balaban J connectivity index is 1.87. The van der Waals surface area contributed by atoms with Crippen molar-refractivity contribution < 1.29 is 12.8 Å². The van der Waals surface area contributed by atoms with Crippen LogP contribution in [0.2, 0.25) is 0 Å². The molecule has 1 N–H and O–H groups in total. The Labute approximate surface area is 112 Å². The molecule has 1 aromatic carbocycles. The van der Waals surface area contributed by atoms with Crippen molar-refractivity contribution in [3.05, 3.63) is 30.1 Å². The molecule has 4 nitrogen and oxygen atoms in total. The summed E-state index contributed by atoms with van der Waals surface area (Å²) < 4.78 is 40.0. The monoisotopic (exact) mass is 284 g/mol. The first-order valence-corrected chi connectivity index (χ1v) is 8.01. The third kappa shape index (κ3) is 2.28. The number of benzene rings is 1. The first-order chi connectivity index (χ1) is 9.09. The minimum Gasteiger partial charge on any atom is -0.314 e. The van der Waals surface area contributed by atoms with Gasteiger partial charge in [0.1, 0.15) is 10.7 Å². The third-order valence-electron chi connectivity index (χ3n) is 4.07. The molecule has 2 unspecified atom stereocenters. The number of hydrogen-bond acceptors (Lipinski definition) is 3. The molecule has 3 rings (SSSR count). The van der Waals surface area contributed by atoms with Crippen LogP contribution < -0.4 is 5.32 Å². The SMILES string of the molecule is O=S(=O)(c1ccccc1F)N1CCC2NCCC2C1. The topological polar surface area (TPSA) is 49.4 Å². The number of hydrogen-bond donors (Lipinski definition) is 1. The van der Waals surface area contributed by atoms with Crippen molar-refractivity contribution in [2.45, 2.75) is 23.8 Å². The van der Waals surface area contributed by atoms with Crippen molar-refractivity contribution in [1.82, 2.24) is 9.62 Å². The van der Waals surface area contributed by atoms with Crippen molar-refractivity contribution >= 4 is 10.0 Å². The summed E-state index contributed by atoms with van der Waals surface area (Å²) in [6.45, 7) is 1.90. The highest BCUT2D eigenvalue weighted by molar-refractivity contribution is 7.89. The molecule has 0 aliphatic carbocycles. The minimum atomic E-state index is -3.70. The number of rotatable bonds is 2. The number of piperidine rings is 1. The molecule has 6 heteroatoms. The van der Waals surface area contributed by atoms with Crippen molar-refractivity contribution in [2.75, 3.05) is 19.6 Å². The smallest absolute Gasteiger partial charge is 0.245 e. The fraction of sp³-hybridized carbons (Fsp3) is 0.538. The van der Waals surface area contributed by atoms with Crippen LogP contribution in [-0.2, 0) is 10.0 Å². The van der Waals surface area contributed by atoms with Gasteiger partial charge >= 0.3 is 0 Å². The molecule has 2 fully saturated rings. The summed E-state index contributed by atoms with van der Waals surface area (Å²) in [5.74, 6) is -0.315. The van der Waals surface area contributed by atoms with Crippen LogP contribution in [0.1, 0.15) is 12.8 Å². The van der Waals surface area contributed by atoms with E-state index in [1.807, 2.05) is 0 Å². The molecule has 2 aliphatic heterocycles. The van der Waals surface area contributed by atoms with Gasteiger partial charge in [0, 0.05) is 19.1 Å². The maximum Gasteiger partial charge on any atom is 0.245 e. The molecule has 0 aromatic heterocycles. The fourth-order valence-electron chi connectivity index (χ4n) is 3.03. The van der Waals surface area contributed by atoms with Crippen LogP contribution in [0.5, 0.6) is 0 Å². The molecule has 2 heterocycles. The number of fused-ring (bicyclic) bond motifs is 1. The first-order valence-electron chi connectivity index (χ1n) is 6.57. The van der Waals surface area contributed by atoms with Crippen LogP contribution in [0.15, 0.2) is 29.2 Å². The Morgan fingerprint density at radius 3 is 2.84 bits per heavy atom. The second-order valence-electron chi connectivity index (χ2n) is 5.19. The van der Waals surface area contributed by atoms with Crippen LogP contribution in [0.25, 0.3) is 0 Å². The lowest BCUT2D eigenvalue weighted by Gasteiger charge is -2.34. The van der Waals surface area contributed by atoms with Gasteiger partial charge in [0.25, 0.3) is 0 Å². The summed E-state index contributed by atoms with van der Waals surface area (Å²) in [6.07, 6.45) is 1.80. The van der Waals surface area contributed by atoms with Crippen LogP contribution in [0.4, 0.5) is 4.39 Å². The molecule has 0 radical (unpaired) electrons. The Hall–Kier alpha value is -0.980. The van der Waals surface area contributed by atoms with Gasteiger partial charge in [-0.2, -0.15) is 4.31 Å². The zero-order valence-electron chi connectivity index (χ0n) is 10.5. The van der Waals surface area contributed by atoms with Crippen LogP contribution >= 0.6 is 0 Å². The normalized spacial score (nSPS) is 28.3. The number of sulfonamides is 1. The van der Waals surface area contributed by atoms with E-state index in [1.54, 1.807) is 6.07 Å². The fourth-order valence-corrected chi connectivity index (χ4v) is 4.60. The van der Waals surface area contributed by atoms with Crippen molar-refractivity contribution in [1.29, 1.82) is 0 Å². The van der Waals surface area contributed by atoms with E-state index in [9.17, 15) is 12.8 Å². The van der Waals surface area contributed by atoms with Crippen molar-refractivity contribution in [3.63, 3.8) is 0 Å². The third-order valence-corrected chi connectivity index (χ3v) is 5.97. The lowest BCUT2D eigenvalue weighted by molar-refractivity contribution is 0.246. The summed E-state index contributed by atoms with van der Waals surface area (Å²) >= 11 is 0. The maximum absolute atomic E-state index is 13.7. The van der Waals surface area contributed by atoms with E-state index in [0.29, 0.717) is 25.0 Å². The predicted molar refractivity (Wildman–Crippen MR) is 69.7 cm³/mol. The minimum absolute atomic E-state index is 0.209. The highest BCUT2D eigenvalue weighted by Gasteiger charge is 2.38. The number of halogens is 1. The lowest BCUT2D eigenvalue weighted by atomic mass is 9.95. The average Bonchev–Trinajstić information content (AvgIpc) is 2.86. The Kier molecular flexibility index (Phi) is 3.32.